The number of hydrogen-bond donors (Lipinski definition) is 1. The van der Waals surface area contributed by atoms with Gasteiger partial charge in [-0.05, 0) is 6.07 Å². The maximum atomic E-state index is 5.57. The maximum Gasteiger partial charge on any atom is 0.164 e. The predicted octanol–water partition coefficient (Wildman–Crippen LogP) is 2.00. The van der Waals surface area contributed by atoms with Crippen LogP contribution in [0, 0.1) is 0 Å². The summed E-state index contributed by atoms with van der Waals surface area (Å²) in [5, 5.41) is 3.02. The van der Waals surface area contributed by atoms with Crippen molar-refractivity contribution < 1.29 is 14.2 Å². The standard InChI is InChI=1S/C11H16ClNO3/c1-14-9-5-11(16-3)10(15-2)4-8(9)6-13-7-12/h4-5,13H,6-7H2,1-3H3. The van der Waals surface area contributed by atoms with E-state index in [9.17, 15) is 0 Å². The first-order valence-corrected chi connectivity index (χ1v) is 5.35. The number of alkyl halides is 1. The van der Waals surface area contributed by atoms with Crippen LogP contribution in [0.3, 0.4) is 0 Å². The van der Waals surface area contributed by atoms with Crippen LogP contribution < -0.4 is 19.5 Å². The molecule has 0 aliphatic heterocycles. The van der Waals surface area contributed by atoms with E-state index in [4.69, 9.17) is 25.8 Å². The second kappa shape index (κ2) is 6.45. The Kier molecular flexibility index (Phi) is 5.22. The molecule has 0 aliphatic rings. The Balaban J connectivity index is 3.05. The second-order valence-corrected chi connectivity index (χ2v) is 3.35. The van der Waals surface area contributed by atoms with Crippen molar-refractivity contribution in [2.45, 2.75) is 6.54 Å². The molecule has 90 valence electrons. The molecule has 0 radical (unpaired) electrons. The topological polar surface area (TPSA) is 39.7 Å². The Bertz CT molecular complexity index is 344. The third kappa shape index (κ3) is 2.93. The molecule has 1 aromatic carbocycles. The SMILES string of the molecule is COc1cc(OC)c(OC)cc1CNCCl. The Morgan fingerprint density at radius 2 is 1.56 bits per heavy atom. The number of ether oxygens (including phenoxy) is 3. The van der Waals surface area contributed by atoms with Gasteiger partial charge in [-0.25, -0.2) is 0 Å². The fourth-order valence-electron chi connectivity index (χ4n) is 1.41. The van der Waals surface area contributed by atoms with E-state index in [1.54, 1.807) is 27.4 Å². The molecule has 0 atom stereocenters. The van der Waals surface area contributed by atoms with E-state index in [1.807, 2.05) is 6.07 Å². The minimum absolute atomic E-state index is 0.386. The van der Waals surface area contributed by atoms with E-state index in [-0.39, 0.29) is 0 Å². The lowest BCUT2D eigenvalue weighted by Crippen LogP contribution is -2.11. The Morgan fingerprint density at radius 3 is 2.06 bits per heavy atom. The quantitative estimate of drug-likeness (QED) is 0.615. The third-order valence-electron chi connectivity index (χ3n) is 2.20. The molecule has 0 bridgehead atoms. The van der Waals surface area contributed by atoms with Gasteiger partial charge in [-0.15, -0.1) is 11.6 Å². The summed E-state index contributed by atoms with van der Waals surface area (Å²) in [4.78, 5) is 0. The monoisotopic (exact) mass is 245 g/mol. The highest BCUT2D eigenvalue weighted by atomic mass is 35.5. The van der Waals surface area contributed by atoms with E-state index < -0.39 is 0 Å². The van der Waals surface area contributed by atoms with Crippen LogP contribution in [0.1, 0.15) is 5.56 Å². The molecule has 4 nitrogen and oxygen atoms in total. The molecule has 0 spiro atoms. The number of methoxy groups -OCH3 is 3. The zero-order valence-electron chi connectivity index (χ0n) is 9.67. The summed E-state index contributed by atoms with van der Waals surface area (Å²) in [5.74, 6) is 2.07. The van der Waals surface area contributed by atoms with Gasteiger partial charge in [0.15, 0.2) is 11.5 Å². The van der Waals surface area contributed by atoms with Crippen LogP contribution in [-0.2, 0) is 6.54 Å². The lowest BCUT2D eigenvalue weighted by atomic mass is 10.1. The van der Waals surface area contributed by atoms with Gasteiger partial charge >= 0.3 is 0 Å². The summed E-state index contributed by atoms with van der Waals surface area (Å²) in [6.07, 6.45) is 0. The molecule has 0 saturated carbocycles. The van der Waals surface area contributed by atoms with Crippen molar-refractivity contribution in [2.75, 3.05) is 27.3 Å². The Labute approximate surface area is 100 Å². The molecule has 0 amide bonds. The molecule has 0 saturated heterocycles. The molecule has 16 heavy (non-hydrogen) atoms. The van der Waals surface area contributed by atoms with Crippen LogP contribution in [0.5, 0.6) is 17.2 Å². The number of halogens is 1. The van der Waals surface area contributed by atoms with Gasteiger partial charge in [0.2, 0.25) is 0 Å². The van der Waals surface area contributed by atoms with Gasteiger partial charge in [0, 0.05) is 18.2 Å². The zero-order chi connectivity index (χ0) is 12.0. The minimum Gasteiger partial charge on any atom is -0.496 e. The van der Waals surface area contributed by atoms with E-state index in [2.05, 4.69) is 5.32 Å². The van der Waals surface area contributed by atoms with Gasteiger partial charge in [-0.1, -0.05) is 0 Å². The molecular formula is C11H16ClNO3. The molecule has 0 fully saturated rings. The van der Waals surface area contributed by atoms with Crippen molar-refractivity contribution in [2.24, 2.45) is 0 Å². The average molecular weight is 246 g/mol. The highest BCUT2D eigenvalue weighted by Gasteiger charge is 2.11. The molecule has 1 aromatic rings. The highest BCUT2D eigenvalue weighted by molar-refractivity contribution is 6.17. The van der Waals surface area contributed by atoms with Gasteiger partial charge < -0.3 is 14.2 Å². The van der Waals surface area contributed by atoms with Crippen molar-refractivity contribution in [1.29, 1.82) is 0 Å². The molecule has 0 heterocycles. The van der Waals surface area contributed by atoms with Gasteiger partial charge in [0.05, 0.1) is 27.3 Å². The first-order valence-electron chi connectivity index (χ1n) is 4.82. The van der Waals surface area contributed by atoms with Gasteiger partial charge in [0.25, 0.3) is 0 Å². The van der Waals surface area contributed by atoms with Crippen molar-refractivity contribution in [3.05, 3.63) is 17.7 Å². The molecular weight excluding hydrogens is 230 g/mol. The van der Waals surface area contributed by atoms with E-state index in [1.165, 1.54) is 0 Å². The molecule has 0 unspecified atom stereocenters. The van der Waals surface area contributed by atoms with Crippen LogP contribution in [0.4, 0.5) is 0 Å². The number of nitrogens with one attached hydrogen (secondary N) is 1. The molecule has 0 aromatic heterocycles. The van der Waals surface area contributed by atoms with Crippen molar-refractivity contribution in [3.8, 4) is 17.2 Å². The van der Waals surface area contributed by atoms with E-state index in [0.717, 1.165) is 11.3 Å². The van der Waals surface area contributed by atoms with Gasteiger partial charge in [0.1, 0.15) is 5.75 Å². The summed E-state index contributed by atoms with van der Waals surface area (Å²) >= 11 is 5.57. The Hall–Kier alpha value is -1.13. The van der Waals surface area contributed by atoms with Crippen molar-refractivity contribution in [1.82, 2.24) is 5.32 Å². The Morgan fingerprint density at radius 1 is 1.00 bits per heavy atom. The van der Waals surface area contributed by atoms with Crippen LogP contribution in [0.25, 0.3) is 0 Å². The van der Waals surface area contributed by atoms with Crippen molar-refractivity contribution in [3.63, 3.8) is 0 Å². The highest BCUT2D eigenvalue weighted by Crippen LogP contribution is 2.34. The normalized spacial score (nSPS) is 10.0. The average Bonchev–Trinajstić information content (AvgIpc) is 2.35. The predicted molar refractivity (Wildman–Crippen MR) is 63.7 cm³/mol. The largest absolute Gasteiger partial charge is 0.496 e. The van der Waals surface area contributed by atoms with E-state index in [0.29, 0.717) is 24.0 Å². The second-order valence-electron chi connectivity index (χ2n) is 3.08. The minimum atomic E-state index is 0.386. The number of hydrogen-bond acceptors (Lipinski definition) is 4. The van der Waals surface area contributed by atoms with Crippen LogP contribution in [0.15, 0.2) is 12.1 Å². The van der Waals surface area contributed by atoms with Crippen LogP contribution in [-0.4, -0.2) is 27.3 Å². The van der Waals surface area contributed by atoms with Crippen LogP contribution >= 0.6 is 11.6 Å². The first kappa shape index (κ1) is 12.9. The fourth-order valence-corrected chi connectivity index (χ4v) is 1.51. The van der Waals surface area contributed by atoms with Crippen molar-refractivity contribution >= 4 is 11.6 Å². The summed E-state index contributed by atoms with van der Waals surface area (Å²) in [6.45, 7) is 0.618. The summed E-state index contributed by atoms with van der Waals surface area (Å²) in [5.41, 5.74) is 0.973. The summed E-state index contributed by atoms with van der Waals surface area (Å²) < 4.78 is 15.7. The maximum absolute atomic E-state index is 5.57. The molecule has 5 heteroatoms. The zero-order valence-corrected chi connectivity index (χ0v) is 10.4. The van der Waals surface area contributed by atoms with Crippen LogP contribution in [0.2, 0.25) is 0 Å². The molecule has 1 N–H and O–H groups in total. The van der Waals surface area contributed by atoms with E-state index >= 15 is 0 Å². The van der Waals surface area contributed by atoms with Gasteiger partial charge in [-0.2, -0.15) is 0 Å². The molecule has 0 aliphatic carbocycles. The molecule has 1 rings (SSSR count). The lowest BCUT2D eigenvalue weighted by Gasteiger charge is -2.13. The number of benzene rings is 1. The summed E-state index contributed by atoms with van der Waals surface area (Å²) in [6, 6.07) is 4.05. The third-order valence-corrected chi connectivity index (χ3v) is 2.39. The smallest absolute Gasteiger partial charge is 0.164 e. The fraction of sp³-hybridized carbons (Fsp3) is 0.455. The summed E-state index contributed by atoms with van der Waals surface area (Å²) in [7, 11) is 4.81. The number of rotatable bonds is 6. The van der Waals surface area contributed by atoms with Gasteiger partial charge in [-0.3, -0.25) is 5.32 Å². The first-order chi connectivity index (χ1) is 7.76. The lowest BCUT2D eigenvalue weighted by molar-refractivity contribution is 0.347.